The van der Waals surface area contributed by atoms with Gasteiger partial charge in [-0.3, -0.25) is 4.68 Å². The van der Waals surface area contributed by atoms with E-state index in [0.717, 1.165) is 11.8 Å². The molecule has 0 spiro atoms. The lowest BCUT2D eigenvalue weighted by Gasteiger charge is -2.14. The first kappa shape index (κ1) is 13.6. The summed E-state index contributed by atoms with van der Waals surface area (Å²) >= 11 is 0. The number of benzene rings is 1. The van der Waals surface area contributed by atoms with E-state index in [1.54, 1.807) is 11.7 Å². The molecule has 0 aliphatic carbocycles. The van der Waals surface area contributed by atoms with E-state index >= 15 is 0 Å². The summed E-state index contributed by atoms with van der Waals surface area (Å²) in [4.78, 5) is 0. The number of hydrogen-bond acceptors (Lipinski definition) is 3. The van der Waals surface area contributed by atoms with E-state index in [1.165, 1.54) is 12.1 Å². The van der Waals surface area contributed by atoms with Gasteiger partial charge in [-0.15, -0.1) is 5.10 Å². The largest absolute Gasteiger partial charge is 0.316 e. The van der Waals surface area contributed by atoms with Crippen molar-refractivity contribution in [3.8, 4) is 0 Å². The minimum absolute atomic E-state index is 0.0536. The van der Waals surface area contributed by atoms with Crippen molar-refractivity contribution in [2.75, 3.05) is 7.05 Å². The van der Waals surface area contributed by atoms with E-state index in [9.17, 15) is 8.78 Å². The number of aromatic nitrogens is 3. The quantitative estimate of drug-likeness (QED) is 0.891. The Morgan fingerprint density at radius 1 is 1.21 bits per heavy atom. The molecule has 0 radical (unpaired) electrons. The number of rotatable bonds is 5. The third kappa shape index (κ3) is 3.82. The average molecular weight is 266 g/mol. The molecule has 19 heavy (non-hydrogen) atoms. The fourth-order valence-electron chi connectivity index (χ4n) is 2.03. The van der Waals surface area contributed by atoms with Crippen LogP contribution in [0.4, 0.5) is 8.78 Å². The number of likely N-dealkylation sites (N-methyl/N-ethyl adjacent to an activating group) is 1. The SMILES string of the molecule is CNC(Cc1cc(F)cc(F)c1)Cc1cn(C)nn1. The van der Waals surface area contributed by atoms with Gasteiger partial charge in [0.2, 0.25) is 0 Å². The van der Waals surface area contributed by atoms with Gasteiger partial charge in [0, 0.05) is 31.8 Å². The van der Waals surface area contributed by atoms with Crippen molar-refractivity contribution in [2.24, 2.45) is 7.05 Å². The zero-order chi connectivity index (χ0) is 13.8. The van der Waals surface area contributed by atoms with Gasteiger partial charge >= 0.3 is 0 Å². The Bertz CT molecular complexity index is 533. The predicted molar refractivity (Wildman–Crippen MR) is 67.6 cm³/mol. The van der Waals surface area contributed by atoms with Crippen LogP contribution in [0.1, 0.15) is 11.3 Å². The Balaban J connectivity index is 2.06. The highest BCUT2D eigenvalue weighted by Gasteiger charge is 2.12. The second kappa shape index (κ2) is 5.88. The van der Waals surface area contributed by atoms with Crippen molar-refractivity contribution in [2.45, 2.75) is 18.9 Å². The summed E-state index contributed by atoms with van der Waals surface area (Å²) in [5.74, 6) is -1.10. The Hall–Kier alpha value is -1.82. The van der Waals surface area contributed by atoms with Crippen molar-refractivity contribution >= 4 is 0 Å². The Kier molecular flexibility index (Phi) is 4.21. The van der Waals surface area contributed by atoms with E-state index in [-0.39, 0.29) is 6.04 Å². The number of nitrogens with zero attached hydrogens (tertiary/aromatic N) is 3. The summed E-state index contributed by atoms with van der Waals surface area (Å²) in [6.45, 7) is 0. The maximum absolute atomic E-state index is 13.1. The monoisotopic (exact) mass is 266 g/mol. The third-order valence-corrected chi connectivity index (χ3v) is 2.92. The van der Waals surface area contributed by atoms with Crippen molar-refractivity contribution in [3.05, 3.63) is 47.3 Å². The second-order valence-corrected chi connectivity index (χ2v) is 4.56. The smallest absolute Gasteiger partial charge is 0.126 e. The topological polar surface area (TPSA) is 42.7 Å². The summed E-state index contributed by atoms with van der Waals surface area (Å²) in [6.07, 6.45) is 3.01. The molecule has 1 heterocycles. The van der Waals surface area contributed by atoms with Crippen LogP contribution in [0.5, 0.6) is 0 Å². The molecule has 6 heteroatoms. The summed E-state index contributed by atoms with van der Waals surface area (Å²) < 4.78 is 27.9. The van der Waals surface area contributed by atoms with Crippen LogP contribution in [0, 0.1) is 11.6 Å². The first-order valence-corrected chi connectivity index (χ1v) is 6.04. The summed E-state index contributed by atoms with van der Waals surface area (Å²) in [7, 11) is 3.61. The van der Waals surface area contributed by atoms with Gasteiger partial charge in [0.15, 0.2) is 0 Å². The van der Waals surface area contributed by atoms with E-state index in [0.29, 0.717) is 18.4 Å². The van der Waals surface area contributed by atoms with E-state index in [2.05, 4.69) is 15.6 Å². The molecule has 102 valence electrons. The molecule has 1 aromatic heterocycles. The van der Waals surface area contributed by atoms with Crippen LogP contribution in [-0.2, 0) is 19.9 Å². The lowest BCUT2D eigenvalue weighted by Crippen LogP contribution is -2.30. The number of aryl methyl sites for hydroxylation is 1. The highest BCUT2D eigenvalue weighted by atomic mass is 19.1. The molecule has 0 aliphatic heterocycles. The fourth-order valence-corrected chi connectivity index (χ4v) is 2.03. The number of hydrogen-bond donors (Lipinski definition) is 1. The molecule has 4 nitrogen and oxygen atoms in total. The molecule has 0 bridgehead atoms. The summed E-state index contributed by atoms with van der Waals surface area (Å²) in [5.41, 5.74) is 1.47. The number of halogens is 2. The van der Waals surface area contributed by atoms with Crippen LogP contribution in [0.15, 0.2) is 24.4 Å². The van der Waals surface area contributed by atoms with Crippen LogP contribution >= 0.6 is 0 Å². The highest BCUT2D eigenvalue weighted by molar-refractivity contribution is 5.19. The molecule has 0 aliphatic rings. The van der Waals surface area contributed by atoms with E-state index < -0.39 is 11.6 Å². The minimum atomic E-state index is -0.552. The first-order valence-electron chi connectivity index (χ1n) is 6.04. The van der Waals surface area contributed by atoms with Crippen molar-refractivity contribution in [1.29, 1.82) is 0 Å². The molecule has 0 saturated carbocycles. The zero-order valence-corrected chi connectivity index (χ0v) is 10.9. The average Bonchev–Trinajstić information content (AvgIpc) is 2.72. The molecule has 1 aromatic carbocycles. The second-order valence-electron chi connectivity index (χ2n) is 4.56. The highest BCUT2D eigenvalue weighted by Crippen LogP contribution is 2.11. The first-order chi connectivity index (χ1) is 9.06. The molecule has 2 rings (SSSR count). The van der Waals surface area contributed by atoms with Crippen LogP contribution < -0.4 is 5.32 Å². The normalized spacial score (nSPS) is 12.6. The zero-order valence-electron chi connectivity index (χ0n) is 10.9. The molecule has 1 atom stereocenters. The molecule has 0 fully saturated rings. The van der Waals surface area contributed by atoms with Crippen molar-refractivity contribution < 1.29 is 8.78 Å². The Morgan fingerprint density at radius 2 is 1.89 bits per heavy atom. The molecule has 0 amide bonds. The fraction of sp³-hybridized carbons (Fsp3) is 0.385. The van der Waals surface area contributed by atoms with Crippen LogP contribution in [0.3, 0.4) is 0 Å². The summed E-state index contributed by atoms with van der Waals surface area (Å²) in [5, 5.41) is 11.0. The van der Waals surface area contributed by atoms with Crippen LogP contribution in [0.25, 0.3) is 0 Å². The third-order valence-electron chi connectivity index (χ3n) is 2.92. The predicted octanol–water partition coefficient (Wildman–Crippen LogP) is 1.47. The Morgan fingerprint density at radius 3 is 2.42 bits per heavy atom. The molecule has 1 unspecified atom stereocenters. The van der Waals surface area contributed by atoms with Gasteiger partial charge in [-0.2, -0.15) is 0 Å². The maximum atomic E-state index is 13.1. The van der Waals surface area contributed by atoms with Gasteiger partial charge in [-0.25, -0.2) is 8.78 Å². The van der Waals surface area contributed by atoms with Gasteiger partial charge in [-0.05, 0) is 31.2 Å². The minimum Gasteiger partial charge on any atom is -0.316 e. The van der Waals surface area contributed by atoms with Gasteiger partial charge in [0.1, 0.15) is 11.6 Å². The van der Waals surface area contributed by atoms with Gasteiger partial charge in [-0.1, -0.05) is 5.21 Å². The van der Waals surface area contributed by atoms with E-state index in [1.807, 2.05) is 13.2 Å². The lowest BCUT2D eigenvalue weighted by atomic mass is 10.0. The maximum Gasteiger partial charge on any atom is 0.126 e. The standard InChI is InChI=1S/C13H16F2N4/c1-16-12(7-13-8-19(2)18-17-13)5-9-3-10(14)6-11(15)4-9/h3-4,6,8,12,16H,5,7H2,1-2H3. The van der Waals surface area contributed by atoms with Crippen LogP contribution in [-0.4, -0.2) is 28.1 Å². The van der Waals surface area contributed by atoms with Crippen LogP contribution in [0.2, 0.25) is 0 Å². The summed E-state index contributed by atoms with van der Waals surface area (Å²) in [6, 6.07) is 3.63. The molecule has 1 N–H and O–H groups in total. The van der Waals surface area contributed by atoms with Crippen molar-refractivity contribution in [3.63, 3.8) is 0 Å². The van der Waals surface area contributed by atoms with Gasteiger partial charge in [0.05, 0.1) is 5.69 Å². The lowest BCUT2D eigenvalue weighted by molar-refractivity contribution is 0.538. The van der Waals surface area contributed by atoms with Crippen molar-refractivity contribution in [1.82, 2.24) is 20.3 Å². The molecular formula is C13H16F2N4. The molecule has 0 saturated heterocycles. The molecule has 2 aromatic rings. The Labute approximate surface area is 110 Å². The number of nitrogens with one attached hydrogen (secondary N) is 1. The van der Waals surface area contributed by atoms with Gasteiger partial charge in [0.25, 0.3) is 0 Å². The van der Waals surface area contributed by atoms with E-state index in [4.69, 9.17) is 0 Å². The van der Waals surface area contributed by atoms with Gasteiger partial charge < -0.3 is 5.32 Å². The molecular weight excluding hydrogens is 250 g/mol.